The van der Waals surface area contributed by atoms with Crippen molar-refractivity contribution in [1.82, 2.24) is 4.68 Å². The van der Waals surface area contributed by atoms with Gasteiger partial charge in [0.1, 0.15) is 5.82 Å². The Labute approximate surface area is 121 Å². The number of aromatic nitrogens is 1. The van der Waals surface area contributed by atoms with Gasteiger partial charge in [0.05, 0.1) is 6.21 Å². The van der Waals surface area contributed by atoms with Crippen LogP contribution in [0.2, 0.25) is 0 Å². The van der Waals surface area contributed by atoms with Crippen LogP contribution in [0.4, 0.5) is 11.5 Å². The Hall–Kier alpha value is -2.89. The average molecular weight is 284 g/mol. The van der Waals surface area contributed by atoms with Gasteiger partial charge >= 0.3 is 0 Å². The lowest BCUT2D eigenvalue weighted by Crippen LogP contribution is -2.19. The van der Waals surface area contributed by atoms with Crippen LogP contribution in [0.25, 0.3) is 0 Å². The summed E-state index contributed by atoms with van der Waals surface area (Å²) in [5.41, 5.74) is 7.77. The number of amides is 1. The Morgan fingerprint density at radius 2 is 1.95 bits per heavy atom. The van der Waals surface area contributed by atoms with Crippen LogP contribution in [0.3, 0.4) is 0 Å². The van der Waals surface area contributed by atoms with Crippen molar-refractivity contribution in [2.24, 2.45) is 5.10 Å². The van der Waals surface area contributed by atoms with E-state index in [1.54, 1.807) is 37.3 Å². The summed E-state index contributed by atoms with van der Waals surface area (Å²) in [5.74, 6) is 0.154. The number of nitrogens with two attached hydrogens (primary N) is 1. The first-order valence-electron chi connectivity index (χ1n) is 6.37. The van der Waals surface area contributed by atoms with E-state index in [1.807, 2.05) is 0 Å². The molecule has 0 atom stereocenters. The first-order chi connectivity index (χ1) is 9.95. The second-order valence-electron chi connectivity index (χ2n) is 4.66. The number of nitrogens with one attached hydrogen (secondary N) is 1. The molecule has 1 aromatic heterocycles. The van der Waals surface area contributed by atoms with E-state index in [2.05, 4.69) is 10.4 Å². The van der Waals surface area contributed by atoms with Crippen LogP contribution in [-0.2, 0) is 4.79 Å². The van der Waals surface area contributed by atoms with Crippen LogP contribution in [0, 0.1) is 6.92 Å². The predicted molar refractivity (Wildman–Crippen MR) is 83.6 cm³/mol. The molecular formula is C15H16N4O2. The van der Waals surface area contributed by atoms with Gasteiger partial charge in [0, 0.05) is 18.7 Å². The molecule has 0 aliphatic rings. The topological polar surface area (TPSA) is 89.5 Å². The lowest BCUT2D eigenvalue weighted by molar-refractivity contribution is -0.114. The zero-order valence-corrected chi connectivity index (χ0v) is 11.8. The molecule has 2 aromatic rings. The van der Waals surface area contributed by atoms with Gasteiger partial charge in [0.15, 0.2) is 0 Å². The molecule has 6 nitrogen and oxygen atoms in total. The van der Waals surface area contributed by atoms with Gasteiger partial charge in [-0.15, -0.1) is 0 Å². The third kappa shape index (κ3) is 3.79. The molecule has 0 aliphatic carbocycles. The van der Waals surface area contributed by atoms with E-state index in [0.717, 1.165) is 15.8 Å². The van der Waals surface area contributed by atoms with Crippen molar-refractivity contribution in [2.75, 3.05) is 11.1 Å². The Balaban J connectivity index is 2.22. The van der Waals surface area contributed by atoms with Crippen molar-refractivity contribution in [3.8, 4) is 0 Å². The quantitative estimate of drug-likeness (QED) is 0.838. The number of carbonyl (C=O) groups is 1. The van der Waals surface area contributed by atoms with E-state index in [4.69, 9.17) is 5.73 Å². The van der Waals surface area contributed by atoms with Crippen molar-refractivity contribution >= 4 is 23.6 Å². The maximum Gasteiger partial charge on any atom is 0.273 e. The lowest BCUT2D eigenvalue weighted by atomic mass is 10.2. The highest BCUT2D eigenvalue weighted by Crippen LogP contribution is 2.08. The van der Waals surface area contributed by atoms with Gasteiger partial charge in [0.25, 0.3) is 5.56 Å². The molecular weight excluding hydrogens is 268 g/mol. The highest BCUT2D eigenvalue weighted by atomic mass is 16.1. The fraction of sp³-hybridized carbons (Fsp3) is 0.133. The van der Waals surface area contributed by atoms with Crippen molar-refractivity contribution in [1.29, 1.82) is 0 Å². The van der Waals surface area contributed by atoms with Gasteiger partial charge in [-0.1, -0.05) is 12.1 Å². The maximum atomic E-state index is 11.8. The molecule has 6 heteroatoms. The summed E-state index contributed by atoms with van der Waals surface area (Å²) >= 11 is 0. The third-order valence-corrected chi connectivity index (χ3v) is 2.73. The fourth-order valence-corrected chi connectivity index (χ4v) is 1.82. The molecule has 108 valence electrons. The maximum absolute atomic E-state index is 11.8. The Kier molecular flexibility index (Phi) is 4.18. The van der Waals surface area contributed by atoms with Gasteiger partial charge in [0.2, 0.25) is 5.91 Å². The van der Waals surface area contributed by atoms with Crippen LogP contribution in [0.15, 0.2) is 46.3 Å². The number of rotatable bonds is 3. The van der Waals surface area contributed by atoms with Gasteiger partial charge < -0.3 is 11.1 Å². The fourth-order valence-electron chi connectivity index (χ4n) is 1.82. The SMILES string of the molecule is CC(=O)Nc1ccc(/C=N\n2c(N)cc(C)cc2=O)cc1. The van der Waals surface area contributed by atoms with E-state index in [9.17, 15) is 9.59 Å². The van der Waals surface area contributed by atoms with E-state index >= 15 is 0 Å². The Morgan fingerprint density at radius 3 is 2.52 bits per heavy atom. The highest BCUT2D eigenvalue weighted by molar-refractivity contribution is 5.89. The summed E-state index contributed by atoms with van der Waals surface area (Å²) in [6, 6.07) is 10.2. The van der Waals surface area contributed by atoms with Crippen molar-refractivity contribution in [3.63, 3.8) is 0 Å². The third-order valence-electron chi connectivity index (χ3n) is 2.73. The van der Waals surface area contributed by atoms with E-state index in [1.165, 1.54) is 19.2 Å². The van der Waals surface area contributed by atoms with Crippen LogP contribution < -0.4 is 16.6 Å². The van der Waals surface area contributed by atoms with E-state index in [0.29, 0.717) is 5.69 Å². The Morgan fingerprint density at radius 1 is 1.29 bits per heavy atom. The number of hydrogen-bond donors (Lipinski definition) is 2. The predicted octanol–water partition coefficient (Wildman–Crippen LogP) is 1.58. The van der Waals surface area contributed by atoms with Crippen molar-refractivity contribution < 1.29 is 4.79 Å². The molecule has 1 aromatic carbocycles. The van der Waals surface area contributed by atoms with Gasteiger partial charge in [-0.3, -0.25) is 9.59 Å². The first kappa shape index (κ1) is 14.5. The molecule has 0 saturated heterocycles. The molecule has 0 bridgehead atoms. The summed E-state index contributed by atoms with van der Waals surface area (Å²) in [4.78, 5) is 22.7. The van der Waals surface area contributed by atoms with Gasteiger partial charge in [-0.25, -0.2) is 0 Å². The summed E-state index contributed by atoms with van der Waals surface area (Å²) in [6.07, 6.45) is 1.53. The first-order valence-corrected chi connectivity index (χ1v) is 6.37. The summed E-state index contributed by atoms with van der Waals surface area (Å²) < 4.78 is 1.13. The molecule has 0 saturated carbocycles. The molecule has 21 heavy (non-hydrogen) atoms. The van der Waals surface area contributed by atoms with Crippen LogP contribution >= 0.6 is 0 Å². The van der Waals surface area contributed by atoms with Crippen LogP contribution in [-0.4, -0.2) is 16.8 Å². The van der Waals surface area contributed by atoms with Gasteiger partial charge in [-0.2, -0.15) is 9.78 Å². The minimum atomic E-state index is -0.279. The number of nitrogens with zero attached hydrogens (tertiary/aromatic N) is 2. The van der Waals surface area contributed by atoms with E-state index < -0.39 is 0 Å². The summed E-state index contributed by atoms with van der Waals surface area (Å²) in [7, 11) is 0. The van der Waals surface area contributed by atoms with Gasteiger partial charge in [-0.05, 0) is 36.2 Å². The van der Waals surface area contributed by atoms with Crippen LogP contribution in [0.1, 0.15) is 18.1 Å². The molecule has 0 spiro atoms. The molecule has 2 rings (SSSR count). The number of anilines is 2. The largest absolute Gasteiger partial charge is 0.384 e. The molecule has 0 radical (unpaired) electrons. The molecule has 0 fully saturated rings. The average Bonchev–Trinajstić information content (AvgIpc) is 2.38. The molecule has 1 amide bonds. The minimum absolute atomic E-state index is 0.129. The zero-order valence-electron chi connectivity index (χ0n) is 11.8. The summed E-state index contributed by atoms with van der Waals surface area (Å²) in [6.45, 7) is 3.24. The number of carbonyl (C=O) groups excluding carboxylic acids is 1. The summed E-state index contributed by atoms with van der Waals surface area (Å²) in [5, 5.41) is 6.75. The van der Waals surface area contributed by atoms with E-state index in [-0.39, 0.29) is 17.3 Å². The number of hydrogen-bond acceptors (Lipinski definition) is 4. The second-order valence-corrected chi connectivity index (χ2v) is 4.66. The number of nitrogen functional groups attached to an aromatic ring is 1. The standard InChI is InChI=1S/C15H16N4O2/c1-10-7-14(16)19(15(21)8-10)17-9-12-3-5-13(6-4-12)18-11(2)20/h3-9H,16H2,1-2H3,(H,18,20)/b17-9-. The van der Waals surface area contributed by atoms with Crippen LogP contribution in [0.5, 0.6) is 0 Å². The number of benzene rings is 1. The minimum Gasteiger partial charge on any atom is -0.384 e. The Bertz CT molecular complexity index is 745. The molecule has 3 N–H and O–H groups in total. The lowest BCUT2D eigenvalue weighted by Gasteiger charge is -2.04. The normalized spacial score (nSPS) is 10.8. The number of pyridine rings is 1. The van der Waals surface area contributed by atoms with Crippen molar-refractivity contribution in [3.05, 3.63) is 57.9 Å². The zero-order chi connectivity index (χ0) is 15.4. The highest BCUT2D eigenvalue weighted by Gasteiger charge is 2.00. The molecule has 0 unspecified atom stereocenters. The van der Waals surface area contributed by atoms with Crippen molar-refractivity contribution in [2.45, 2.75) is 13.8 Å². The smallest absolute Gasteiger partial charge is 0.273 e. The second kappa shape index (κ2) is 6.04. The number of aryl methyl sites for hydroxylation is 1. The molecule has 1 heterocycles. The molecule has 0 aliphatic heterocycles. The monoisotopic (exact) mass is 284 g/mol.